The average Bonchev–Trinajstić information content (AvgIpc) is 3.33. The van der Waals surface area contributed by atoms with Crippen LogP contribution in [-0.4, -0.2) is 0 Å². The van der Waals surface area contributed by atoms with Crippen LogP contribution < -0.4 is 10.6 Å². The second-order valence-corrected chi connectivity index (χ2v) is 19.0. The summed E-state index contributed by atoms with van der Waals surface area (Å²) >= 11 is 0. The van der Waals surface area contributed by atoms with Gasteiger partial charge in [-0.1, -0.05) is 208 Å². The van der Waals surface area contributed by atoms with Gasteiger partial charge in [0.1, 0.15) is 0 Å². The van der Waals surface area contributed by atoms with Crippen molar-refractivity contribution in [1.29, 1.82) is 0 Å². The van der Waals surface area contributed by atoms with Crippen LogP contribution in [0.15, 0.2) is 224 Å². The van der Waals surface area contributed by atoms with Gasteiger partial charge in [-0.25, -0.2) is 0 Å². The van der Waals surface area contributed by atoms with Gasteiger partial charge in [0.05, 0.1) is 0 Å². The number of benzene rings is 9. The quantitative estimate of drug-likeness (QED) is 0.0550. The van der Waals surface area contributed by atoms with E-state index in [2.05, 4.69) is 184 Å². The van der Waals surface area contributed by atoms with E-state index in [1.54, 1.807) is 0 Å². The van der Waals surface area contributed by atoms with Crippen LogP contribution in [0.4, 0.5) is 0 Å². The average molecular weight is 817 g/mol. The molecule has 2 heteroatoms. The molecule has 300 valence electrons. The number of fused-ring (bicyclic) bond motifs is 3. The lowest BCUT2D eigenvalue weighted by molar-refractivity contribution is 0.590. The first-order valence-electron chi connectivity index (χ1n) is 21.5. The lowest BCUT2D eigenvalue weighted by atomic mass is 9.84. The topological polar surface area (TPSA) is 17.1 Å². The first-order chi connectivity index (χ1) is 30.4. The molecule has 0 bridgehead atoms. The summed E-state index contributed by atoms with van der Waals surface area (Å²) < 4.78 is 15.2. The second kappa shape index (κ2) is 17.5. The highest BCUT2D eigenvalue weighted by atomic mass is 31.2. The van der Waals surface area contributed by atoms with Crippen LogP contribution in [0.2, 0.25) is 0 Å². The van der Waals surface area contributed by atoms with Gasteiger partial charge in [-0.15, -0.1) is 0 Å². The first-order valence-corrected chi connectivity index (χ1v) is 23.2. The molecular weight excluding hydrogens is 768 g/mol. The number of rotatable bonds is 11. The maximum absolute atomic E-state index is 15.2. The maximum Gasteiger partial charge on any atom is 0.166 e. The summed E-state index contributed by atoms with van der Waals surface area (Å²) in [5.41, 5.74) is 11.4. The molecule has 0 radical (unpaired) electrons. The molecular formula is C60H49OP. The van der Waals surface area contributed by atoms with Crippen molar-refractivity contribution in [2.45, 2.75) is 27.2 Å². The van der Waals surface area contributed by atoms with E-state index in [1.165, 1.54) is 65.7 Å². The van der Waals surface area contributed by atoms with Gasteiger partial charge in [0.2, 0.25) is 0 Å². The third kappa shape index (κ3) is 7.62. The van der Waals surface area contributed by atoms with E-state index in [0.717, 1.165) is 44.6 Å². The molecule has 9 aromatic rings. The zero-order valence-corrected chi connectivity index (χ0v) is 36.4. The Morgan fingerprint density at radius 2 is 1.15 bits per heavy atom. The fourth-order valence-corrected chi connectivity index (χ4v) is 11.5. The Morgan fingerprint density at radius 3 is 1.84 bits per heavy atom. The number of allylic oxidation sites excluding steroid dienone is 6. The van der Waals surface area contributed by atoms with Gasteiger partial charge in [0.25, 0.3) is 0 Å². The highest BCUT2D eigenvalue weighted by Crippen LogP contribution is 2.52. The fraction of sp³-hybridized carbons (Fsp3) is 0.0667. The predicted octanol–water partition coefficient (Wildman–Crippen LogP) is 16.4. The molecule has 0 aromatic heterocycles. The van der Waals surface area contributed by atoms with Crippen molar-refractivity contribution in [3.05, 3.63) is 241 Å². The lowest BCUT2D eigenvalue weighted by Gasteiger charge is -2.21. The van der Waals surface area contributed by atoms with Crippen molar-refractivity contribution in [1.82, 2.24) is 0 Å². The summed E-state index contributed by atoms with van der Waals surface area (Å²) in [4.78, 5) is 0. The summed E-state index contributed by atoms with van der Waals surface area (Å²) in [6, 6.07) is 66.9. The lowest BCUT2D eigenvalue weighted by Crippen LogP contribution is -2.17. The van der Waals surface area contributed by atoms with Gasteiger partial charge in [-0.2, -0.15) is 0 Å². The monoisotopic (exact) mass is 816 g/mol. The van der Waals surface area contributed by atoms with Crippen LogP contribution in [0, 0.1) is 6.92 Å². The van der Waals surface area contributed by atoms with Gasteiger partial charge < -0.3 is 4.57 Å². The molecule has 0 saturated carbocycles. The Balaban J connectivity index is 1.21. The molecule has 62 heavy (non-hydrogen) atoms. The largest absolute Gasteiger partial charge is 0.309 e. The fourth-order valence-electron chi connectivity index (χ4n) is 8.87. The molecule has 0 aliphatic heterocycles. The standard InChI is InChI=1S/C60H49OP/c1-5-7-10-19-43(4)62(61,53-24-13-9-14-25-53)54-36-34-49(42(3)38-54)39-44(6-2)51-35-37-57-58(41-51)60(52-33-30-46-22-15-16-23-50(46)40-52)56-27-18-17-26-55(56)59(57)48-31-28-47(29-32-48)45-20-11-8-12-21-45/h6-41H,2,5H2,1,3-4H3/b10-7-,43-19+,44-39+. The summed E-state index contributed by atoms with van der Waals surface area (Å²) in [6.07, 6.45) is 11.2. The van der Waals surface area contributed by atoms with Crippen LogP contribution in [0.5, 0.6) is 0 Å². The molecule has 0 aliphatic carbocycles. The smallest absolute Gasteiger partial charge is 0.166 e. The minimum absolute atomic E-state index is 0.832. The van der Waals surface area contributed by atoms with Crippen molar-refractivity contribution < 1.29 is 4.57 Å². The molecule has 9 aromatic carbocycles. The molecule has 1 unspecified atom stereocenters. The minimum Gasteiger partial charge on any atom is -0.309 e. The van der Waals surface area contributed by atoms with Crippen molar-refractivity contribution in [2.75, 3.05) is 0 Å². The molecule has 0 aliphatic rings. The summed E-state index contributed by atoms with van der Waals surface area (Å²) in [7, 11) is -3.08. The van der Waals surface area contributed by atoms with Gasteiger partial charge in [0, 0.05) is 10.6 Å². The van der Waals surface area contributed by atoms with Crippen molar-refractivity contribution in [3.63, 3.8) is 0 Å². The molecule has 0 N–H and O–H groups in total. The van der Waals surface area contributed by atoms with E-state index >= 15 is 4.57 Å². The zero-order chi connectivity index (χ0) is 42.6. The maximum atomic E-state index is 15.2. The van der Waals surface area contributed by atoms with Crippen LogP contribution in [0.25, 0.3) is 77.3 Å². The van der Waals surface area contributed by atoms with Crippen molar-refractivity contribution >= 4 is 61.7 Å². The Kier molecular flexibility index (Phi) is 11.4. The number of hydrogen-bond acceptors (Lipinski definition) is 1. The SMILES string of the molecule is C=C/C(=C\c1ccc(P(=O)(/C(C)=C/C=C\CC)c2ccccc2)cc1C)c1ccc2c(-c3ccc(-c4ccccc4)cc3)c3ccccc3c(-c3ccc4ccccc4c3)c2c1. The Labute approximate surface area is 366 Å². The van der Waals surface area contributed by atoms with E-state index in [4.69, 9.17) is 0 Å². The number of hydrogen-bond donors (Lipinski definition) is 0. The van der Waals surface area contributed by atoms with Gasteiger partial charge >= 0.3 is 0 Å². The predicted molar refractivity (Wildman–Crippen MR) is 271 cm³/mol. The Morgan fingerprint density at radius 1 is 0.548 bits per heavy atom. The minimum atomic E-state index is -3.08. The van der Waals surface area contributed by atoms with E-state index in [9.17, 15) is 0 Å². The van der Waals surface area contributed by atoms with Crippen molar-refractivity contribution in [3.8, 4) is 33.4 Å². The van der Waals surface area contributed by atoms with E-state index < -0.39 is 7.14 Å². The van der Waals surface area contributed by atoms with Gasteiger partial charge in [-0.3, -0.25) is 0 Å². The summed E-state index contributed by atoms with van der Waals surface area (Å²) in [5.74, 6) is 0. The summed E-state index contributed by atoms with van der Waals surface area (Å²) in [5, 5.41) is 9.77. The molecule has 0 amide bonds. The van der Waals surface area contributed by atoms with Gasteiger partial charge in [0.15, 0.2) is 7.14 Å². The zero-order valence-electron chi connectivity index (χ0n) is 35.6. The van der Waals surface area contributed by atoms with Crippen LogP contribution in [-0.2, 0) is 4.57 Å². The Bertz CT molecular complexity index is 3260. The van der Waals surface area contributed by atoms with E-state index in [0.29, 0.717) is 0 Å². The summed E-state index contributed by atoms with van der Waals surface area (Å²) in [6.45, 7) is 10.5. The third-order valence-electron chi connectivity index (χ3n) is 12.1. The third-order valence-corrected chi connectivity index (χ3v) is 15.3. The van der Waals surface area contributed by atoms with E-state index in [1.807, 2.05) is 61.5 Å². The van der Waals surface area contributed by atoms with Crippen LogP contribution in [0.1, 0.15) is 37.0 Å². The molecule has 1 nitrogen and oxygen atoms in total. The number of aryl methyl sites for hydroxylation is 1. The van der Waals surface area contributed by atoms with Crippen LogP contribution >= 0.6 is 7.14 Å². The molecule has 0 saturated heterocycles. The molecule has 0 heterocycles. The van der Waals surface area contributed by atoms with Gasteiger partial charge in [-0.05, 0) is 138 Å². The highest BCUT2D eigenvalue weighted by molar-refractivity contribution is 7.82. The molecule has 1 atom stereocenters. The second-order valence-electron chi connectivity index (χ2n) is 16.0. The van der Waals surface area contributed by atoms with Crippen molar-refractivity contribution in [2.24, 2.45) is 0 Å². The first kappa shape index (κ1) is 40.4. The van der Waals surface area contributed by atoms with E-state index in [-0.39, 0.29) is 0 Å². The highest BCUT2D eigenvalue weighted by Gasteiger charge is 2.29. The molecule has 9 rings (SSSR count). The molecule has 0 spiro atoms. The molecule has 0 fully saturated rings. The Hall–Kier alpha value is -7.05. The van der Waals surface area contributed by atoms with Crippen LogP contribution in [0.3, 0.4) is 0 Å². The normalized spacial score (nSPS) is 13.2.